The van der Waals surface area contributed by atoms with Crippen LogP contribution in [-0.2, 0) is 10.2 Å². The van der Waals surface area contributed by atoms with Crippen molar-refractivity contribution in [3.8, 4) is 0 Å². The lowest BCUT2D eigenvalue weighted by atomic mass is 9.76. The van der Waals surface area contributed by atoms with Crippen molar-refractivity contribution < 1.29 is 4.74 Å². The molecule has 0 amide bonds. The summed E-state index contributed by atoms with van der Waals surface area (Å²) in [5.74, 6) is 0. The maximum atomic E-state index is 6.17. The third kappa shape index (κ3) is 1.54. The molecule has 0 atom stereocenters. The number of hydrogen-bond acceptors (Lipinski definition) is 2. The number of halogens is 1. The number of benzene rings is 1. The minimum absolute atomic E-state index is 0.0904. The Hall–Kier alpha value is -0.570. The molecule has 2 rings (SSSR count). The normalized spacial score (nSPS) is 19.0. The Kier molecular flexibility index (Phi) is 2.77. The second-order valence-corrected chi connectivity index (χ2v) is 4.20. The highest BCUT2D eigenvalue weighted by atomic mass is 35.5. The Morgan fingerprint density at radius 3 is 2.64 bits per heavy atom. The van der Waals surface area contributed by atoms with E-state index in [9.17, 15) is 0 Å². The fourth-order valence-electron chi connectivity index (χ4n) is 1.96. The van der Waals surface area contributed by atoms with Crippen LogP contribution in [0.2, 0.25) is 5.02 Å². The Morgan fingerprint density at radius 2 is 2.14 bits per heavy atom. The van der Waals surface area contributed by atoms with Crippen molar-refractivity contribution in [1.29, 1.82) is 0 Å². The number of hydrogen-bond donors (Lipinski definition) is 1. The fraction of sp³-hybridized carbons (Fsp3) is 0.455. The highest BCUT2D eigenvalue weighted by Crippen LogP contribution is 2.33. The molecule has 1 aromatic rings. The van der Waals surface area contributed by atoms with Crippen LogP contribution >= 0.6 is 11.6 Å². The quantitative estimate of drug-likeness (QED) is 0.824. The van der Waals surface area contributed by atoms with Gasteiger partial charge in [0.05, 0.1) is 6.61 Å². The zero-order valence-corrected chi connectivity index (χ0v) is 8.97. The molecule has 14 heavy (non-hydrogen) atoms. The summed E-state index contributed by atoms with van der Waals surface area (Å²) in [6.45, 7) is 2.62. The lowest BCUT2D eigenvalue weighted by Gasteiger charge is -2.43. The van der Waals surface area contributed by atoms with Gasteiger partial charge in [0.15, 0.2) is 0 Å². The highest BCUT2D eigenvalue weighted by Gasteiger charge is 2.39. The van der Waals surface area contributed by atoms with Crippen LogP contribution in [0.15, 0.2) is 24.3 Å². The first-order valence-electron chi connectivity index (χ1n) is 4.73. The molecule has 1 N–H and O–H groups in total. The van der Waals surface area contributed by atoms with Crippen LogP contribution in [0.5, 0.6) is 0 Å². The van der Waals surface area contributed by atoms with E-state index >= 15 is 0 Å². The smallest absolute Gasteiger partial charge is 0.0584 e. The van der Waals surface area contributed by atoms with Gasteiger partial charge < -0.3 is 10.1 Å². The molecule has 1 aliphatic heterocycles. The summed E-state index contributed by atoms with van der Waals surface area (Å²) in [6, 6.07) is 8.00. The van der Waals surface area contributed by atoms with Crippen LogP contribution < -0.4 is 5.32 Å². The topological polar surface area (TPSA) is 21.3 Å². The predicted octanol–water partition coefficient (Wildman–Crippen LogP) is 1.83. The van der Waals surface area contributed by atoms with Gasteiger partial charge in [-0.25, -0.2) is 0 Å². The third-order valence-electron chi connectivity index (χ3n) is 2.79. The molecule has 1 aromatic carbocycles. The summed E-state index contributed by atoms with van der Waals surface area (Å²) in [7, 11) is 1.73. The summed E-state index contributed by atoms with van der Waals surface area (Å²) in [6.07, 6.45) is 0. The van der Waals surface area contributed by atoms with Crippen molar-refractivity contribution in [3.63, 3.8) is 0 Å². The van der Waals surface area contributed by atoms with Crippen molar-refractivity contribution in [2.75, 3.05) is 26.8 Å². The molecule has 0 aliphatic carbocycles. The second kappa shape index (κ2) is 3.89. The van der Waals surface area contributed by atoms with E-state index in [1.807, 2.05) is 18.2 Å². The van der Waals surface area contributed by atoms with Crippen LogP contribution in [0.4, 0.5) is 0 Å². The van der Waals surface area contributed by atoms with Gasteiger partial charge in [0.1, 0.15) is 0 Å². The number of rotatable bonds is 3. The molecule has 0 spiro atoms. The average Bonchev–Trinajstić information content (AvgIpc) is 2.13. The number of nitrogens with one attached hydrogen (secondary N) is 1. The summed E-state index contributed by atoms with van der Waals surface area (Å²) >= 11 is 6.17. The molecular weight excluding hydrogens is 198 g/mol. The van der Waals surface area contributed by atoms with Crippen LogP contribution in [0.3, 0.4) is 0 Å². The van der Waals surface area contributed by atoms with E-state index < -0.39 is 0 Å². The largest absolute Gasteiger partial charge is 0.384 e. The standard InChI is InChI=1S/C11H14ClNO/c1-14-8-11(6-13-7-11)9-4-2-3-5-10(9)12/h2-5,13H,6-8H2,1H3. The summed E-state index contributed by atoms with van der Waals surface area (Å²) in [4.78, 5) is 0. The predicted molar refractivity (Wildman–Crippen MR) is 57.9 cm³/mol. The molecule has 1 heterocycles. The Bertz CT molecular complexity index is 323. The third-order valence-corrected chi connectivity index (χ3v) is 3.12. The Morgan fingerprint density at radius 1 is 1.43 bits per heavy atom. The average molecular weight is 212 g/mol. The Labute approximate surface area is 89.2 Å². The molecule has 3 heteroatoms. The van der Waals surface area contributed by atoms with E-state index in [2.05, 4.69) is 11.4 Å². The van der Waals surface area contributed by atoms with Crippen molar-refractivity contribution in [2.45, 2.75) is 5.41 Å². The summed E-state index contributed by atoms with van der Waals surface area (Å²) in [5, 5.41) is 4.11. The molecule has 0 saturated carbocycles. The first-order valence-corrected chi connectivity index (χ1v) is 5.11. The van der Waals surface area contributed by atoms with Gasteiger partial charge in [-0.15, -0.1) is 0 Å². The molecule has 0 radical (unpaired) electrons. The van der Waals surface area contributed by atoms with E-state index in [0.29, 0.717) is 0 Å². The SMILES string of the molecule is COCC1(c2ccccc2Cl)CNC1. The van der Waals surface area contributed by atoms with Gasteiger partial charge in [-0.1, -0.05) is 29.8 Å². The number of ether oxygens (including phenoxy) is 1. The van der Waals surface area contributed by atoms with Crippen molar-refractivity contribution in [1.82, 2.24) is 5.32 Å². The van der Waals surface area contributed by atoms with E-state index in [4.69, 9.17) is 16.3 Å². The number of methoxy groups -OCH3 is 1. The zero-order valence-electron chi connectivity index (χ0n) is 8.22. The fourth-order valence-corrected chi connectivity index (χ4v) is 2.30. The van der Waals surface area contributed by atoms with E-state index in [0.717, 1.165) is 24.7 Å². The Balaban J connectivity index is 2.32. The summed E-state index contributed by atoms with van der Waals surface area (Å²) in [5.41, 5.74) is 1.29. The monoisotopic (exact) mass is 211 g/mol. The molecule has 2 nitrogen and oxygen atoms in total. The zero-order chi connectivity index (χ0) is 10.0. The van der Waals surface area contributed by atoms with Gasteiger partial charge in [0.25, 0.3) is 0 Å². The molecule has 1 aliphatic rings. The molecular formula is C11H14ClNO. The first-order chi connectivity index (χ1) is 6.78. The molecule has 0 unspecified atom stereocenters. The van der Waals surface area contributed by atoms with Crippen LogP contribution in [0.25, 0.3) is 0 Å². The van der Waals surface area contributed by atoms with Gasteiger partial charge in [0, 0.05) is 30.6 Å². The van der Waals surface area contributed by atoms with Crippen LogP contribution in [0, 0.1) is 0 Å². The van der Waals surface area contributed by atoms with Crippen molar-refractivity contribution in [2.24, 2.45) is 0 Å². The van der Waals surface area contributed by atoms with Gasteiger partial charge in [-0.2, -0.15) is 0 Å². The second-order valence-electron chi connectivity index (χ2n) is 3.80. The molecule has 1 fully saturated rings. The molecule has 76 valence electrons. The maximum absolute atomic E-state index is 6.17. The van der Waals surface area contributed by atoms with Crippen LogP contribution in [0.1, 0.15) is 5.56 Å². The molecule has 0 aromatic heterocycles. The maximum Gasteiger partial charge on any atom is 0.0584 e. The first kappa shape index (κ1) is 9.97. The lowest BCUT2D eigenvalue weighted by Crippen LogP contribution is -2.59. The van der Waals surface area contributed by atoms with E-state index in [1.165, 1.54) is 5.56 Å². The van der Waals surface area contributed by atoms with Gasteiger partial charge >= 0.3 is 0 Å². The summed E-state index contributed by atoms with van der Waals surface area (Å²) < 4.78 is 5.26. The van der Waals surface area contributed by atoms with Crippen LogP contribution in [-0.4, -0.2) is 26.8 Å². The van der Waals surface area contributed by atoms with E-state index in [-0.39, 0.29) is 5.41 Å². The minimum atomic E-state index is 0.0904. The van der Waals surface area contributed by atoms with E-state index in [1.54, 1.807) is 7.11 Å². The lowest BCUT2D eigenvalue weighted by molar-refractivity contribution is 0.0948. The highest BCUT2D eigenvalue weighted by molar-refractivity contribution is 6.31. The minimum Gasteiger partial charge on any atom is -0.384 e. The van der Waals surface area contributed by atoms with Gasteiger partial charge in [-0.3, -0.25) is 0 Å². The van der Waals surface area contributed by atoms with Gasteiger partial charge in [-0.05, 0) is 11.6 Å². The van der Waals surface area contributed by atoms with Crippen molar-refractivity contribution >= 4 is 11.6 Å². The van der Waals surface area contributed by atoms with Gasteiger partial charge in [0.2, 0.25) is 0 Å². The van der Waals surface area contributed by atoms with Crippen molar-refractivity contribution in [3.05, 3.63) is 34.9 Å². The molecule has 0 bridgehead atoms. The molecule has 1 saturated heterocycles.